The maximum Gasteiger partial charge on any atom is 0.408 e. The largest absolute Gasteiger partial charge is 0.445 e. The van der Waals surface area contributed by atoms with Crippen LogP contribution in [0.25, 0.3) is 0 Å². The Morgan fingerprint density at radius 1 is 1.00 bits per heavy atom. The molecule has 1 fully saturated rings. The van der Waals surface area contributed by atoms with Gasteiger partial charge in [0, 0.05) is 13.1 Å². The normalized spacial score (nSPS) is 15.8. The molecule has 1 aliphatic heterocycles. The predicted molar refractivity (Wildman–Crippen MR) is 113 cm³/mol. The number of likely N-dealkylation sites (tertiary alicyclic amines) is 1. The molecule has 1 aliphatic rings. The molecule has 154 valence electrons. The number of benzene rings is 2. The summed E-state index contributed by atoms with van der Waals surface area (Å²) < 4.78 is 5.30. The van der Waals surface area contributed by atoms with Crippen LogP contribution in [-0.4, -0.2) is 36.0 Å². The van der Waals surface area contributed by atoms with E-state index < -0.39 is 12.1 Å². The number of alkyl carbamates (subject to hydrolysis) is 1. The fourth-order valence-corrected chi connectivity index (χ4v) is 3.76. The molecule has 2 aromatic carbocycles. The number of nitrogens with zero attached hydrogens (tertiary/aromatic N) is 1. The Bertz CT molecular complexity index is 784. The molecule has 1 atom stereocenters. The average molecular weight is 395 g/mol. The van der Waals surface area contributed by atoms with Gasteiger partial charge in [0.05, 0.1) is 0 Å². The van der Waals surface area contributed by atoms with Crippen LogP contribution in [0.4, 0.5) is 4.79 Å². The second-order valence-electron chi connectivity index (χ2n) is 7.94. The van der Waals surface area contributed by atoms with Crippen LogP contribution in [0.15, 0.2) is 60.7 Å². The van der Waals surface area contributed by atoms with Gasteiger partial charge in [-0.3, -0.25) is 4.79 Å². The fourth-order valence-electron chi connectivity index (χ4n) is 3.76. The monoisotopic (exact) mass is 394 g/mol. The molecule has 2 amide bonds. The fraction of sp³-hybridized carbons (Fsp3) is 0.417. The highest BCUT2D eigenvalue weighted by Crippen LogP contribution is 2.28. The third kappa shape index (κ3) is 5.83. The minimum absolute atomic E-state index is 0.0152. The van der Waals surface area contributed by atoms with Gasteiger partial charge in [-0.1, -0.05) is 74.5 Å². The molecule has 0 unspecified atom stereocenters. The molecule has 0 bridgehead atoms. The number of nitrogens with one attached hydrogen (secondary N) is 1. The highest BCUT2D eigenvalue weighted by atomic mass is 16.5. The number of piperidine rings is 1. The van der Waals surface area contributed by atoms with Gasteiger partial charge in [-0.05, 0) is 35.8 Å². The molecule has 3 rings (SSSR count). The molecular formula is C24H30N2O3. The summed E-state index contributed by atoms with van der Waals surface area (Å²) in [6, 6.07) is 19.4. The van der Waals surface area contributed by atoms with E-state index in [0.29, 0.717) is 19.0 Å². The van der Waals surface area contributed by atoms with Gasteiger partial charge in [-0.25, -0.2) is 4.79 Å². The number of carbonyl (C=O) groups excluding carboxylic acids is 2. The molecule has 5 heteroatoms. The van der Waals surface area contributed by atoms with E-state index in [1.807, 2.05) is 55.1 Å². The van der Waals surface area contributed by atoms with E-state index in [4.69, 9.17) is 4.74 Å². The number of carbonyl (C=O) groups is 2. The van der Waals surface area contributed by atoms with Crippen LogP contribution in [0.3, 0.4) is 0 Å². The summed E-state index contributed by atoms with van der Waals surface area (Å²) in [5.74, 6) is 0.448. The van der Waals surface area contributed by atoms with Gasteiger partial charge >= 0.3 is 6.09 Å². The van der Waals surface area contributed by atoms with Crippen molar-refractivity contribution in [1.29, 1.82) is 0 Å². The van der Waals surface area contributed by atoms with Gasteiger partial charge in [0.2, 0.25) is 5.91 Å². The van der Waals surface area contributed by atoms with Crippen molar-refractivity contribution in [3.63, 3.8) is 0 Å². The Balaban J connectivity index is 1.52. The molecule has 0 radical (unpaired) electrons. The summed E-state index contributed by atoms with van der Waals surface area (Å²) in [7, 11) is 0. The van der Waals surface area contributed by atoms with E-state index in [9.17, 15) is 9.59 Å². The molecule has 1 saturated heterocycles. The lowest BCUT2D eigenvalue weighted by Gasteiger charge is -2.35. The first-order chi connectivity index (χ1) is 14.0. The van der Waals surface area contributed by atoms with Crippen LogP contribution in [0.1, 0.15) is 43.7 Å². The highest BCUT2D eigenvalue weighted by Gasteiger charge is 2.31. The Kier molecular flexibility index (Phi) is 7.28. The highest BCUT2D eigenvalue weighted by molar-refractivity contribution is 5.86. The number of hydrogen-bond acceptors (Lipinski definition) is 3. The van der Waals surface area contributed by atoms with Crippen molar-refractivity contribution >= 4 is 12.0 Å². The molecule has 0 aliphatic carbocycles. The number of rotatable bonds is 6. The third-order valence-corrected chi connectivity index (χ3v) is 5.50. The molecule has 0 saturated carbocycles. The quantitative estimate of drug-likeness (QED) is 0.793. The van der Waals surface area contributed by atoms with E-state index in [1.54, 1.807) is 0 Å². The van der Waals surface area contributed by atoms with Crippen LogP contribution in [0.2, 0.25) is 0 Å². The Morgan fingerprint density at radius 2 is 1.59 bits per heavy atom. The minimum Gasteiger partial charge on any atom is -0.445 e. The first-order valence-corrected chi connectivity index (χ1v) is 10.4. The summed E-state index contributed by atoms with van der Waals surface area (Å²) in [5.41, 5.74) is 2.25. The maximum absolute atomic E-state index is 13.0. The van der Waals surface area contributed by atoms with E-state index in [-0.39, 0.29) is 18.4 Å². The van der Waals surface area contributed by atoms with Crippen molar-refractivity contribution in [3.05, 3.63) is 71.8 Å². The van der Waals surface area contributed by atoms with Crippen molar-refractivity contribution in [2.75, 3.05) is 13.1 Å². The van der Waals surface area contributed by atoms with Crippen LogP contribution in [0.5, 0.6) is 0 Å². The topological polar surface area (TPSA) is 58.6 Å². The second-order valence-corrected chi connectivity index (χ2v) is 7.94. The zero-order valence-electron chi connectivity index (χ0n) is 17.2. The lowest BCUT2D eigenvalue weighted by molar-refractivity contribution is -0.135. The summed E-state index contributed by atoms with van der Waals surface area (Å²) in [4.78, 5) is 27.2. The smallest absolute Gasteiger partial charge is 0.408 e. The van der Waals surface area contributed by atoms with Gasteiger partial charge in [-0.2, -0.15) is 0 Å². The molecule has 2 aromatic rings. The molecule has 29 heavy (non-hydrogen) atoms. The van der Waals surface area contributed by atoms with Crippen LogP contribution < -0.4 is 5.32 Å². The van der Waals surface area contributed by atoms with E-state index in [1.165, 1.54) is 5.56 Å². The van der Waals surface area contributed by atoms with Crippen LogP contribution >= 0.6 is 0 Å². The molecule has 0 aromatic heterocycles. The SMILES string of the molecule is CC(C)[C@H](NC(=O)OCc1ccccc1)C(=O)N1CCC(c2ccccc2)CC1. The van der Waals surface area contributed by atoms with E-state index in [2.05, 4.69) is 29.6 Å². The number of ether oxygens (including phenoxy) is 1. The van der Waals surface area contributed by atoms with Gasteiger partial charge in [0.15, 0.2) is 0 Å². The Labute approximate surface area is 173 Å². The van der Waals surface area contributed by atoms with Crippen molar-refractivity contribution in [2.24, 2.45) is 5.92 Å². The summed E-state index contributed by atoms with van der Waals surface area (Å²) >= 11 is 0. The molecule has 1 heterocycles. The maximum atomic E-state index is 13.0. The zero-order valence-corrected chi connectivity index (χ0v) is 17.2. The minimum atomic E-state index is -0.577. The first-order valence-electron chi connectivity index (χ1n) is 10.4. The van der Waals surface area contributed by atoms with E-state index in [0.717, 1.165) is 18.4 Å². The number of hydrogen-bond donors (Lipinski definition) is 1. The van der Waals surface area contributed by atoms with Crippen molar-refractivity contribution in [1.82, 2.24) is 10.2 Å². The number of amides is 2. The van der Waals surface area contributed by atoms with E-state index >= 15 is 0 Å². The predicted octanol–water partition coefficient (Wildman–Crippen LogP) is 4.34. The van der Waals surface area contributed by atoms with Crippen molar-refractivity contribution in [3.8, 4) is 0 Å². The molecule has 1 N–H and O–H groups in total. The lowest BCUT2D eigenvalue weighted by atomic mass is 9.89. The van der Waals surface area contributed by atoms with Crippen molar-refractivity contribution < 1.29 is 14.3 Å². The standard InChI is InChI=1S/C24H30N2O3/c1-18(2)22(25-24(28)29-17-19-9-5-3-6-10-19)23(27)26-15-13-21(14-16-26)20-11-7-4-8-12-20/h3-12,18,21-22H,13-17H2,1-2H3,(H,25,28)/t22-/m0/s1. The van der Waals surface area contributed by atoms with Crippen LogP contribution in [-0.2, 0) is 16.1 Å². The van der Waals surface area contributed by atoms with Gasteiger partial charge in [0.25, 0.3) is 0 Å². The first kappa shape index (κ1) is 20.9. The summed E-state index contributed by atoms with van der Waals surface area (Å²) in [6.45, 7) is 5.49. The van der Waals surface area contributed by atoms with Crippen molar-refractivity contribution in [2.45, 2.75) is 45.3 Å². The molecule has 0 spiro atoms. The second kappa shape index (κ2) is 10.1. The third-order valence-electron chi connectivity index (χ3n) is 5.50. The van der Waals surface area contributed by atoms with Gasteiger partial charge in [-0.15, -0.1) is 0 Å². The average Bonchev–Trinajstić information content (AvgIpc) is 2.77. The zero-order chi connectivity index (χ0) is 20.6. The van der Waals surface area contributed by atoms with Gasteiger partial charge in [0.1, 0.15) is 12.6 Å². The summed E-state index contributed by atoms with van der Waals surface area (Å²) in [5, 5.41) is 2.77. The van der Waals surface area contributed by atoms with Gasteiger partial charge < -0.3 is 15.0 Å². The summed E-state index contributed by atoms with van der Waals surface area (Å²) in [6.07, 6.45) is 1.33. The Hall–Kier alpha value is -2.82. The molecular weight excluding hydrogens is 364 g/mol. The lowest BCUT2D eigenvalue weighted by Crippen LogP contribution is -2.52. The molecule has 5 nitrogen and oxygen atoms in total. The Morgan fingerprint density at radius 3 is 2.17 bits per heavy atom. The van der Waals surface area contributed by atoms with Crippen LogP contribution in [0, 0.1) is 5.92 Å².